The maximum atomic E-state index is 15.0. The van der Waals surface area contributed by atoms with Crippen molar-refractivity contribution in [3.63, 3.8) is 0 Å². The number of imide groups is 2. The number of anilines is 1. The Hall–Kier alpha value is -5.68. The molecule has 4 amide bonds. The minimum Gasteiger partial charge on any atom is -0.277 e. The Morgan fingerprint density at radius 3 is 1.16 bits per heavy atom. The standard InChI is InChI=1S/C38H24F12N2O4/c1-17-5-6-20(13-18(17)2)33(35(39,40)41,36(42,43)44)21-9-12-28(19(3)14-21)52-31(55)25-11-8-23(16-27(25)32(52)56)34(37(45,46)47,38(48,49)50)22-7-10-24-26(15-22)30(54)51(4)29(24)53/h5-16H,1-4H3. The van der Waals surface area contributed by atoms with E-state index in [1.165, 1.54) is 13.8 Å². The zero-order valence-corrected chi connectivity index (χ0v) is 29.0. The molecule has 0 saturated carbocycles. The molecule has 294 valence electrons. The van der Waals surface area contributed by atoms with Crippen LogP contribution in [0.15, 0.2) is 72.8 Å². The van der Waals surface area contributed by atoms with Crippen LogP contribution < -0.4 is 4.90 Å². The highest BCUT2D eigenvalue weighted by atomic mass is 19.4. The lowest BCUT2D eigenvalue weighted by atomic mass is 9.71. The Balaban J connectivity index is 1.50. The second-order valence-corrected chi connectivity index (χ2v) is 13.4. The molecular weight excluding hydrogens is 776 g/mol. The summed E-state index contributed by atoms with van der Waals surface area (Å²) >= 11 is 0. The summed E-state index contributed by atoms with van der Waals surface area (Å²) in [5, 5.41) is 0. The van der Waals surface area contributed by atoms with Crippen LogP contribution in [0.5, 0.6) is 0 Å². The van der Waals surface area contributed by atoms with Gasteiger partial charge in [0.25, 0.3) is 23.6 Å². The van der Waals surface area contributed by atoms with E-state index in [-0.39, 0.29) is 28.7 Å². The Morgan fingerprint density at radius 2 is 0.732 bits per heavy atom. The first kappa shape index (κ1) is 40.0. The van der Waals surface area contributed by atoms with E-state index < -0.39 is 115 Å². The van der Waals surface area contributed by atoms with Gasteiger partial charge in [-0.2, -0.15) is 52.7 Å². The Labute approximate surface area is 308 Å². The van der Waals surface area contributed by atoms with E-state index >= 15 is 26.3 Å². The number of hydrogen-bond acceptors (Lipinski definition) is 4. The molecule has 0 N–H and O–H groups in total. The third-order valence-corrected chi connectivity index (χ3v) is 10.4. The first-order valence-electron chi connectivity index (χ1n) is 16.1. The van der Waals surface area contributed by atoms with Crippen LogP contribution in [-0.2, 0) is 10.8 Å². The van der Waals surface area contributed by atoms with Crippen molar-refractivity contribution in [3.8, 4) is 0 Å². The van der Waals surface area contributed by atoms with Crippen LogP contribution in [0.2, 0.25) is 0 Å². The number of alkyl halides is 12. The Bertz CT molecular complexity index is 2350. The van der Waals surface area contributed by atoms with Gasteiger partial charge in [0.1, 0.15) is 0 Å². The van der Waals surface area contributed by atoms with Gasteiger partial charge in [-0.05, 0) is 90.0 Å². The molecule has 6 rings (SSSR count). The first-order valence-corrected chi connectivity index (χ1v) is 16.1. The monoisotopic (exact) mass is 800 g/mol. The fourth-order valence-electron chi connectivity index (χ4n) is 7.37. The molecule has 18 heteroatoms. The molecule has 0 aromatic heterocycles. The van der Waals surface area contributed by atoms with Gasteiger partial charge in [-0.1, -0.05) is 42.5 Å². The number of hydrogen-bond donors (Lipinski definition) is 0. The average Bonchev–Trinajstić information content (AvgIpc) is 3.43. The third-order valence-electron chi connectivity index (χ3n) is 10.4. The predicted molar refractivity (Wildman–Crippen MR) is 173 cm³/mol. The number of carbonyl (C=O) groups is 4. The normalized spacial score (nSPS) is 15.6. The Morgan fingerprint density at radius 1 is 0.393 bits per heavy atom. The molecule has 2 heterocycles. The molecule has 6 nitrogen and oxygen atoms in total. The van der Waals surface area contributed by atoms with E-state index in [4.69, 9.17) is 0 Å². The number of halogens is 12. The van der Waals surface area contributed by atoms with Crippen molar-refractivity contribution in [2.45, 2.75) is 56.3 Å². The van der Waals surface area contributed by atoms with Crippen LogP contribution in [0.25, 0.3) is 0 Å². The number of carbonyl (C=O) groups excluding carboxylic acids is 4. The van der Waals surface area contributed by atoms with Crippen LogP contribution in [0.4, 0.5) is 58.4 Å². The summed E-state index contributed by atoms with van der Waals surface area (Å²) in [5.41, 5.74) is -18.9. The van der Waals surface area contributed by atoms with Crippen molar-refractivity contribution in [3.05, 3.63) is 134 Å². The topological polar surface area (TPSA) is 74.8 Å². The maximum Gasteiger partial charge on any atom is 0.411 e. The molecule has 0 atom stereocenters. The zero-order chi connectivity index (χ0) is 41.9. The number of fused-ring (bicyclic) bond motifs is 2. The van der Waals surface area contributed by atoms with Gasteiger partial charge in [-0.15, -0.1) is 0 Å². The number of aryl methyl sites for hydroxylation is 3. The maximum absolute atomic E-state index is 15.0. The van der Waals surface area contributed by atoms with Crippen LogP contribution in [-0.4, -0.2) is 60.3 Å². The summed E-state index contributed by atoms with van der Waals surface area (Å²) in [5.74, 6) is -5.06. The summed E-state index contributed by atoms with van der Waals surface area (Å²) in [4.78, 5) is 52.8. The molecule has 0 saturated heterocycles. The molecule has 0 bridgehead atoms. The quantitative estimate of drug-likeness (QED) is 0.149. The third kappa shape index (κ3) is 5.34. The van der Waals surface area contributed by atoms with Crippen LogP contribution in [0, 0.1) is 20.8 Å². The molecule has 4 aromatic carbocycles. The summed E-state index contributed by atoms with van der Waals surface area (Å²) in [7, 11) is 0.961. The van der Waals surface area contributed by atoms with Gasteiger partial charge in [0.2, 0.25) is 10.8 Å². The number of amides is 4. The minimum absolute atomic E-state index is 0.103. The highest BCUT2D eigenvalue weighted by molar-refractivity contribution is 6.34. The Kier molecular flexibility index (Phi) is 8.86. The van der Waals surface area contributed by atoms with Crippen molar-refractivity contribution < 1.29 is 71.9 Å². The van der Waals surface area contributed by atoms with Gasteiger partial charge in [0, 0.05) is 7.05 Å². The van der Waals surface area contributed by atoms with Crippen molar-refractivity contribution in [2.24, 2.45) is 0 Å². The van der Waals surface area contributed by atoms with Crippen molar-refractivity contribution in [2.75, 3.05) is 11.9 Å². The van der Waals surface area contributed by atoms with Crippen LogP contribution in [0.3, 0.4) is 0 Å². The van der Waals surface area contributed by atoms with Crippen LogP contribution >= 0.6 is 0 Å². The van der Waals surface area contributed by atoms with E-state index in [1.807, 2.05) is 0 Å². The van der Waals surface area contributed by atoms with E-state index in [0.717, 1.165) is 26.1 Å². The molecule has 2 aliphatic heterocycles. The van der Waals surface area contributed by atoms with Crippen molar-refractivity contribution >= 4 is 29.3 Å². The summed E-state index contributed by atoms with van der Waals surface area (Å²) < 4.78 is 179. The smallest absolute Gasteiger partial charge is 0.277 e. The average molecular weight is 801 g/mol. The van der Waals surface area contributed by atoms with Crippen molar-refractivity contribution in [1.82, 2.24) is 4.90 Å². The molecule has 0 radical (unpaired) electrons. The van der Waals surface area contributed by atoms with Gasteiger partial charge >= 0.3 is 24.7 Å². The highest BCUT2D eigenvalue weighted by Crippen LogP contribution is 2.58. The predicted octanol–water partition coefficient (Wildman–Crippen LogP) is 9.46. The van der Waals surface area contributed by atoms with E-state index in [9.17, 15) is 45.5 Å². The van der Waals surface area contributed by atoms with Gasteiger partial charge in [-0.3, -0.25) is 24.1 Å². The largest absolute Gasteiger partial charge is 0.411 e. The fourth-order valence-corrected chi connectivity index (χ4v) is 7.37. The first-order chi connectivity index (χ1) is 25.6. The van der Waals surface area contributed by atoms with E-state index in [0.29, 0.717) is 52.9 Å². The van der Waals surface area contributed by atoms with Gasteiger partial charge in [0.15, 0.2) is 0 Å². The number of nitrogens with zero attached hydrogens (tertiary/aromatic N) is 2. The van der Waals surface area contributed by atoms with Gasteiger partial charge < -0.3 is 0 Å². The lowest BCUT2D eigenvalue weighted by molar-refractivity contribution is -0.290. The van der Waals surface area contributed by atoms with Crippen LogP contribution in [0.1, 0.15) is 80.4 Å². The van der Waals surface area contributed by atoms with Gasteiger partial charge in [0.05, 0.1) is 27.9 Å². The highest BCUT2D eigenvalue weighted by Gasteiger charge is 2.74. The molecule has 2 aliphatic rings. The molecule has 56 heavy (non-hydrogen) atoms. The summed E-state index contributed by atoms with van der Waals surface area (Å²) in [6.45, 7) is 3.73. The number of benzene rings is 4. The van der Waals surface area contributed by atoms with Crippen molar-refractivity contribution in [1.29, 1.82) is 0 Å². The molecule has 0 spiro atoms. The summed E-state index contributed by atoms with van der Waals surface area (Å²) in [6, 6.07) is 6.02. The second kappa shape index (κ2) is 12.4. The lowest BCUT2D eigenvalue weighted by Gasteiger charge is -2.39. The summed E-state index contributed by atoms with van der Waals surface area (Å²) in [6.07, 6.45) is -24.5. The lowest BCUT2D eigenvalue weighted by Crippen LogP contribution is -2.55. The van der Waals surface area contributed by atoms with E-state index in [1.54, 1.807) is 0 Å². The molecule has 0 unspecified atom stereocenters. The minimum atomic E-state index is -6.25. The fraction of sp³-hybridized carbons (Fsp3) is 0.263. The number of rotatable bonds is 5. The second-order valence-electron chi connectivity index (χ2n) is 13.4. The molecular formula is C38H24F12N2O4. The SMILES string of the molecule is Cc1ccc(C(c2ccc(N3C(=O)c4ccc(C(c5ccc6c(c5)C(=O)N(C)C6=O)(C(F)(F)F)C(F)(F)F)cc4C3=O)c(C)c2)(C(F)(F)F)C(F)(F)F)cc1C. The molecule has 4 aromatic rings. The molecule has 0 fully saturated rings. The molecule has 0 aliphatic carbocycles. The zero-order valence-electron chi connectivity index (χ0n) is 29.0. The van der Waals surface area contributed by atoms with Gasteiger partial charge in [-0.25, -0.2) is 4.90 Å². The van der Waals surface area contributed by atoms with E-state index in [2.05, 4.69) is 0 Å².